The molecule has 2 N–H and O–H groups in total. The van der Waals surface area contributed by atoms with Crippen LogP contribution in [0, 0.1) is 17.2 Å². The van der Waals surface area contributed by atoms with E-state index in [4.69, 9.17) is 11.0 Å². The Kier molecular flexibility index (Phi) is 3.39. The number of hydrogen-bond donors (Lipinski definition) is 1. The Hall–Kier alpha value is -1.42. The van der Waals surface area contributed by atoms with Crippen LogP contribution in [0.15, 0.2) is 29.2 Å². The minimum Gasteiger partial charge on any atom is -0.326 e. The van der Waals surface area contributed by atoms with Crippen molar-refractivity contribution in [2.75, 3.05) is 13.1 Å². The highest BCUT2D eigenvalue weighted by Crippen LogP contribution is 2.25. The van der Waals surface area contributed by atoms with Crippen molar-refractivity contribution in [1.29, 1.82) is 5.26 Å². The summed E-state index contributed by atoms with van der Waals surface area (Å²) in [6.45, 7) is 2.64. The zero-order valence-electron chi connectivity index (χ0n) is 10.1. The van der Waals surface area contributed by atoms with Gasteiger partial charge in [-0.1, -0.05) is 19.1 Å². The van der Waals surface area contributed by atoms with E-state index < -0.39 is 10.0 Å². The van der Waals surface area contributed by atoms with Crippen molar-refractivity contribution in [3.8, 4) is 6.07 Å². The van der Waals surface area contributed by atoms with Gasteiger partial charge in [0.15, 0.2) is 0 Å². The standard InChI is InChI=1S/C12H15N3O2S/c1-9-7-15(8-11(9)14)18(16,17)12-5-3-2-4-10(12)6-13/h2-5,9,11H,7-8,14H2,1H3. The monoisotopic (exact) mass is 265 g/mol. The molecule has 1 aliphatic heterocycles. The van der Waals surface area contributed by atoms with Gasteiger partial charge in [-0.25, -0.2) is 8.42 Å². The van der Waals surface area contributed by atoms with Gasteiger partial charge in [0.1, 0.15) is 6.07 Å². The van der Waals surface area contributed by atoms with E-state index >= 15 is 0 Å². The van der Waals surface area contributed by atoms with Crippen LogP contribution in [0.5, 0.6) is 0 Å². The summed E-state index contributed by atoms with van der Waals surface area (Å²) in [7, 11) is -3.62. The van der Waals surface area contributed by atoms with Gasteiger partial charge in [0.25, 0.3) is 0 Å². The minimum absolute atomic E-state index is 0.0637. The summed E-state index contributed by atoms with van der Waals surface area (Å²) in [5, 5.41) is 8.97. The van der Waals surface area contributed by atoms with E-state index in [0.717, 1.165) is 0 Å². The largest absolute Gasteiger partial charge is 0.326 e. The zero-order valence-corrected chi connectivity index (χ0v) is 10.9. The molecule has 2 rings (SSSR count). The fourth-order valence-electron chi connectivity index (χ4n) is 2.07. The van der Waals surface area contributed by atoms with Gasteiger partial charge in [0, 0.05) is 19.1 Å². The van der Waals surface area contributed by atoms with E-state index in [1.807, 2.05) is 13.0 Å². The van der Waals surface area contributed by atoms with Gasteiger partial charge in [-0.2, -0.15) is 9.57 Å². The molecule has 1 heterocycles. The number of benzene rings is 1. The second-order valence-corrected chi connectivity index (χ2v) is 6.48. The maximum atomic E-state index is 12.4. The van der Waals surface area contributed by atoms with Crippen LogP contribution < -0.4 is 5.73 Å². The number of rotatable bonds is 2. The maximum Gasteiger partial charge on any atom is 0.244 e. The van der Waals surface area contributed by atoms with Crippen LogP contribution in [-0.2, 0) is 10.0 Å². The van der Waals surface area contributed by atoms with Crippen LogP contribution >= 0.6 is 0 Å². The van der Waals surface area contributed by atoms with E-state index in [2.05, 4.69) is 0 Å². The van der Waals surface area contributed by atoms with E-state index in [0.29, 0.717) is 13.1 Å². The van der Waals surface area contributed by atoms with Gasteiger partial charge in [-0.3, -0.25) is 0 Å². The van der Waals surface area contributed by atoms with Crippen LogP contribution in [0.4, 0.5) is 0 Å². The predicted octanol–water partition coefficient (Wildman–Crippen LogP) is 0.526. The lowest BCUT2D eigenvalue weighted by molar-refractivity contribution is 0.464. The van der Waals surface area contributed by atoms with Gasteiger partial charge >= 0.3 is 0 Å². The first-order chi connectivity index (χ1) is 8.46. The molecule has 2 unspecified atom stereocenters. The summed E-state index contributed by atoms with van der Waals surface area (Å²) in [4.78, 5) is 0.0637. The number of nitrogens with two attached hydrogens (primary N) is 1. The van der Waals surface area contributed by atoms with E-state index in [9.17, 15) is 8.42 Å². The van der Waals surface area contributed by atoms with Crippen molar-refractivity contribution >= 4 is 10.0 Å². The molecule has 1 aromatic rings. The molecule has 0 bridgehead atoms. The molecular weight excluding hydrogens is 250 g/mol. The second kappa shape index (κ2) is 4.69. The fourth-order valence-corrected chi connectivity index (χ4v) is 3.79. The summed E-state index contributed by atoms with van der Waals surface area (Å²) >= 11 is 0. The summed E-state index contributed by atoms with van der Waals surface area (Å²) < 4.78 is 26.2. The quantitative estimate of drug-likeness (QED) is 0.844. The molecule has 6 heteroatoms. The highest BCUT2D eigenvalue weighted by Gasteiger charge is 2.36. The lowest BCUT2D eigenvalue weighted by Gasteiger charge is -2.16. The van der Waals surface area contributed by atoms with Gasteiger partial charge < -0.3 is 5.73 Å². The lowest BCUT2D eigenvalue weighted by Crippen LogP contribution is -2.32. The highest BCUT2D eigenvalue weighted by atomic mass is 32.2. The summed E-state index contributed by atoms with van der Waals surface area (Å²) in [6, 6.07) is 8.00. The number of nitriles is 1. The number of hydrogen-bond acceptors (Lipinski definition) is 4. The molecule has 0 amide bonds. The highest BCUT2D eigenvalue weighted by molar-refractivity contribution is 7.89. The van der Waals surface area contributed by atoms with Crippen LogP contribution in [-0.4, -0.2) is 31.9 Å². The van der Waals surface area contributed by atoms with Crippen molar-refractivity contribution in [3.63, 3.8) is 0 Å². The van der Waals surface area contributed by atoms with Gasteiger partial charge in [0.05, 0.1) is 10.5 Å². The third kappa shape index (κ3) is 2.12. The Labute approximate surface area is 107 Å². The minimum atomic E-state index is -3.62. The molecular formula is C12H15N3O2S. The molecule has 18 heavy (non-hydrogen) atoms. The average Bonchev–Trinajstić information content (AvgIpc) is 2.70. The second-order valence-electron chi connectivity index (χ2n) is 4.57. The normalized spacial score (nSPS) is 24.9. The average molecular weight is 265 g/mol. The Morgan fingerprint density at radius 3 is 2.61 bits per heavy atom. The third-order valence-electron chi connectivity index (χ3n) is 3.26. The molecule has 0 saturated carbocycles. The number of sulfonamides is 1. The summed E-state index contributed by atoms with van der Waals surface area (Å²) in [5.74, 6) is 0.133. The Bertz CT molecular complexity index is 582. The SMILES string of the molecule is CC1CN(S(=O)(=O)c2ccccc2C#N)CC1N. The fraction of sp³-hybridized carbons (Fsp3) is 0.417. The first-order valence-corrected chi connectivity index (χ1v) is 7.15. The van der Waals surface area contributed by atoms with Gasteiger partial charge in [-0.05, 0) is 18.1 Å². The van der Waals surface area contributed by atoms with Gasteiger partial charge in [-0.15, -0.1) is 0 Å². The van der Waals surface area contributed by atoms with Crippen LogP contribution in [0.25, 0.3) is 0 Å². The molecule has 1 aliphatic rings. The van der Waals surface area contributed by atoms with E-state index in [1.54, 1.807) is 12.1 Å². The Morgan fingerprint density at radius 1 is 1.39 bits per heavy atom. The van der Waals surface area contributed by atoms with Crippen LogP contribution in [0.3, 0.4) is 0 Å². The molecule has 0 radical (unpaired) electrons. The molecule has 0 aliphatic carbocycles. The van der Waals surface area contributed by atoms with Crippen molar-refractivity contribution in [2.45, 2.75) is 17.9 Å². The predicted molar refractivity (Wildman–Crippen MR) is 67.1 cm³/mol. The Balaban J connectivity index is 2.41. The third-order valence-corrected chi connectivity index (χ3v) is 5.15. The van der Waals surface area contributed by atoms with Crippen molar-refractivity contribution in [2.24, 2.45) is 11.7 Å². The molecule has 5 nitrogen and oxygen atoms in total. The van der Waals surface area contributed by atoms with Crippen molar-refractivity contribution in [3.05, 3.63) is 29.8 Å². The summed E-state index contributed by atoms with van der Waals surface area (Å²) in [6.07, 6.45) is 0. The first kappa shape index (κ1) is 13.0. The van der Waals surface area contributed by atoms with E-state index in [1.165, 1.54) is 16.4 Å². The molecule has 1 aromatic carbocycles. The summed E-state index contributed by atoms with van der Waals surface area (Å²) in [5.41, 5.74) is 6.01. The van der Waals surface area contributed by atoms with E-state index in [-0.39, 0.29) is 22.4 Å². The Morgan fingerprint density at radius 2 is 2.06 bits per heavy atom. The molecule has 2 atom stereocenters. The van der Waals surface area contributed by atoms with Crippen molar-refractivity contribution in [1.82, 2.24) is 4.31 Å². The number of nitrogens with zero attached hydrogens (tertiary/aromatic N) is 2. The molecule has 0 aromatic heterocycles. The topological polar surface area (TPSA) is 87.2 Å². The first-order valence-electron chi connectivity index (χ1n) is 5.71. The molecule has 0 spiro atoms. The molecule has 96 valence electrons. The molecule has 1 fully saturated rings. The smallest absolute Gasteiger partial charge is 0.244 e. The molecule has 1 saturated heterocycles. The van der Waals surface area contributed by atoms with Crippen LogP contribution in [0.2, 0.25) is 0 Å². The maximum absolute atomic E-state index is 12.4. The zero-order chi connectivity index (χ0) is 13.3. The van der Waals surface area contributed by atoms with Gasteiger partial charge in [0.2, 0.25) is 10.0 Å². The lowest BCUT2D eigenvalue weighted by atomic mass is 10.1. The van der Waals surface area contributed by atoms with Crippen LogP contribution in [0.1, 0.15) is 12.5 Å². The van der Waals surface area contributed by atoms with Crippen molar-refractivity contribution < 1.29 is 8.42 Å².